The van der Waals surface area contributed by atoms with E-state index in [2.05, 4.69) is 5.32 Å². The summed E-state index contributed by atoms with van der Waals surface area (Å²) in [6.45, 7) is -0.437. The highest BCUT2D eigenvalue weighted by molar-refractivity contribution is 6.31. The van der Waals surface area contributed by atoms with E-state index in [1.54, 1.807) is 18.2 Å². The van der Waals surface area contributed by atoms with Gasteiger partial charge in [0.2, 0.25) is 0 Å². The number of anilines is 1. The standard InChI is InChI=1S/C18H18ClNO6/c1-24-12-3-2-9(19)6-11(12)20-14(21)7-25-17(22)15-8-4-10-13(5-8)26-18(23)16(10)15/h2-3,6,8,10,13,15-16H,4-5,7H2,1H3,(H,20,21)/t8-,10-,13+,15-,16-/m0/s1. The Labute approximate surface area is 154 Å². The van der Waals surface area contributed by atoms with Gasteiger partial charge in [-0.05, 0) is 37.0 Å². The van der Waals surface area contributed by atoms with Gasteiger partial charge in [0.1, 0.15) is 11.9 Å². The molecule has 5 atom stereocenters. The van der Waals surface area contributed by atoms with E-state index < -0.39 is 30.3 Å². The maximum atomic E-state index is 12.4. The third kappa shape index (κ3) is 2.80. The summed E-state index contributed by atoms with van der Waals surface area (Å²) in [4.78, 5) is 36.5. The Morgan fingerprint density at radius 3 is 2.92 bits per heavy atom. The lowest BCUT2D eigenvalue weighted by Gasteiger charge is -2.22. The first-order chi connectivity index (χ1) is 12.5. The van der Waals surface area contributed by atoms with Crippen LogP contribution in [0, 0.1) is 23.7 Å². The van der Waals surface area contributed by atoms with Gasteiger partial charge in [-0.2, -0.15) is 0 Å². The molecule has 1 aliphatic heterocycles. The second-order valence-electron chi connectivity index (χ2n) is 6.92. The molecule has 0 radical (unpaired) electrons. The number of ether oxygens (including phenoxy) is 3. The number of rotatable bonds is 5. The zero-order chi connectivity index (χ0) is 18.4. The number of hydrogen-bond acceptors (Lipinski definition) is 6. The average Bonchev–Trinajstić information content (AvgIpc) is 3.22. The monoisotopic (exact) mass is 379 g/mol. The summed E-state index contributed by atoms with van der Waals surface area (Å²) >= 11 is 5.92. The number of carbonyl (C=O) groups excluding carboxylic acids is 3. The van der Waals surface area contributed by atoms with E-state index >= 15 is 0 Å². The molecule has 0 aromatic heterocycles. The Balaban J connectivity index is 1.36. The first kappa shape index (κ1) is 17.1. The van der Waals surface area contributed by atoms with Crippen LogP contribution >= 0.6 is 11.6 Å². The first-order valence-electron chi connectivity index (χ1n) is 8.48. The topological polar surface area (TPSA) is 90.9 Å². The lowest BCUT2D eigenvalue weighted by molar-refractivity contribution is -0.157. The summed E-state index contributed by atoms with van der Waals surface area (Å²) < 4.78 is 15.6. The van der Waals surface area contributed by atoms with Gasteiger partial charge in [-0.1, -0.05) is 11.6 Å². The highest BCUT2D eigenvalue weighted by atomic mass is 35.5. The summed E-state index contributed by atoms with van der Waals surface area (Å²) in [5, 5.41) is 3.05. The molecule has 7 nitrogen and oxygen atoms in total. The Hall–Kier alpha value is -2.28. The smallest absolute Gasteiger partial charge is 0.310 e. The summed E-state index contributed by atoms with van der Waals surface area (Å²) in [7, 11) is 1.47. The second kappa shape index (κ2) is 6.46. The third-order valence-electron chi connectivity index (χ3n) is 5.54. The summed E-state index contributed by atoms with van der Waals surface area (Å²) in [5.74, 6) is -1.57. The summed E-state index contributed by atoms with van der Waals surface area (Å²) in [5.41, 5.74) is 0.392. The fourth-order valence-electron chi connectivity index (χ4n) is 4.52. The molecule has 1 saturated heterocycles. The van der Waals surface area contributed by atoms with E-state index in [-0.39, 0.29) is 23.9 Å². The van der Waals surface area contributed by atoms with Crippen LogP contribution in [0.3, 0.4) is 0 Å². The lowest BCUT2D eigenvalue weighted by Crippen LogP contribution is -2.35. The van der Waals surface area contributed by atoms with Crippen LogP contribution in [0.5, 0.6) is 5.75 Å². The maximum absolute atomic E-state index is 12.4. The van der Waals surface area contributed by atoms with Crippen molar-refractivity contribution in [3.05, 3.63) is 23.2 Å². The number of amides is 1. The number of benzene rings is 1. The number of esters is 2. The van der Waals surface area contributed by atoms with Crippen LogP contribution in [0.15, 0.2) is 18.2 Å². The van der Waals surface area contributed by atoms with Crippen molar-refractivity contribution >= 4 is 35.1 Å². The summed E-state index contributed by atoms with van der Waals surface area (Å²) in [6.07, 6.45) is 1.48. The van der Waals surface area contributed by atoms with Gasteiger partial charge in [0, 0.05) is 10.9 Å². The Morgan fingerprint density at radius 1 is 1.35 bits per heavy atom. The van der Waals surface area contributed by atoms with Gasteiger partial charge in [0.25, 0.3) is 5.91 Å². The second-order valence-corrected chi connectivity index (χ2v) is 7.36. The lowest BCUT2D eigenvalue weighted by atomic mass is 9.80. The largest absolute Gasteiger partial charge is 0.495 e. The van der Waals surface area contributed by atoms with Gasteiger partial charge in [0.15, 0.2) is 6.61 Å². The van der Waals surface area contributed by atoms with Crippen LogP contribution in [0.25, 0.3) is 0 Å². The number of hydrogen-bond donors (Lipinski definition) is 1. The minimum absolute atomic E-state index is 0.0415. The molecule has 1 N–H and O–H groups in total. The molecule has 138 valence electrons. The minimum atomic E-state index is -0.506. The predicted octanol–water partition coefficient (Wildman–Crippen LogP) is 2.03. The van der Waals surface area contributed by atoms with Crippen LogP contribution < -0.4 is 10.1 Å². The number of methoxy groups -OCH3 is 1. The molecule has 1 aromatic rings. The quantitative estimate of drug-likeness (QED) is 0.787. The fraction of sp³-hybridized carbons (Fsp3) is 0.500. The molecule has 8 heteroatoms. The van der Waals surface area contributed by atoms with Gasteiger partial charge < -0.3 is 19.5 Å². The zero-order valence-electron chi connectivity index (χ0n) is 14.1. The molecule has 3 aliphatic rings. The molecule has 1 aromatic carbocycles. The molecule has 1 heterocycles. The highest BCUT2D eigenvalue weighted by Gasteiger charge is 2.64. The van der Waals surface area contributed by atoms with Crippen LogP contribution in [0.4, 0.5) is 5.69 Å². The minimum Gasteiger partial charge on any atom is -0.495 e. The van der Waals surface area contributed by atoms with Crippen molar-refractivity contribution in [2.24, 2.45) is 23.7 Å². The van der Waals surface area contributed by atoms with E-state index in [4.69, 9.17) is 25.8 Å². The molecule has 0 unspecified atom stereocenters. The molecular formula is C18H18ClNO6. The van der Waals surface area contributed by atoms with Crippen LogP contribution in [-0.4, -0.2) is 37.7 Å². The van der Waals surface area contributed by atoms with E-state index in [0.29, 0.717) is 22.9 Å². The fourth-order valence-corrected chi connectivity index (χ4v) is 4.69. The Bertz CT molecular complexity index is 779. The molecular weight excluding hydrogens is 362 g/mol. The van der Waals surface area contributed by atoms with Crippen LogP contribution in [0.1, 0.15) is 12.8 Å². The molecule has 4 rings (SSSR count). The van der Waals surface area contributed by atoms with E-state index in [1.807, 2.05) is 0 Å². The van der Waals surface area contributed by atoms with Gasteiger partial charge in [-0.3, -0.25) is 14.4 Å². The molecule has 2 saturated carbocycles. The number of fused-ring (bicyclic) bond motifs is 1. The SMILES string of the molecule is COc1ccc(Cl)cc1NC(=O)COC(=O)[C@H]1[C@H]2C[C@@H]3[C@@H]1C(=O)O[C@@H]3C2. The van der Waals surface area contributed by atoms with Crippen molar-refractivity contribution < 1.29 is 28.6 Å². The third-order valence-corrected chi connectivity index (χ3v) is 5.77. The number of halogens is 1. The molecule has 2 aliphatic carbocycles. The van der Waals surface area contributed by atoms with Crippen molar-refractivity contribution in [2.75, 3.05) is 19.0 Å². The van der Waals surface area contributed by atoms with Crippen molar-refractivity contribution in [1.29, 1.82) is 0 Å². The van der Waals surface area contributed by atoms with Gasteiger partial charge in [-0.15, -0.1) is 0 Å². The molecule has 1 amide bonds. The van der Waals surface area contributed by atoms with E-state index in [1.165, 1.54) is 7.11 Å². The number of nitrogens with one attached hydrogen (secondary N) is 1. The molecule has 3 fully saturated rings. The summed E-state index contributed by atoms with van der Waals surface area (Å²) in [6, 6.07) is 4.81. The van der Waals surface area contributed by atoms with Crippen molar-refractivity contribution in [1.82, 2.24) is 0 Å². The van der Waals surface area contributed by atoms with Crippen molar-refractivity contribution in [3.63, 3.8) is 0 Å². The zero-order valence-corrected chi connectivity index (χ0v) is 14.8. The highest BCUT2D eigenvalue weighted by Crippen LogP contribution is 2.57. The van der Waals surface area contributed by atoms with Gasteiger partial charge >= 0.3 is 11.9 Å². The molecule has 0 spiro atoms. The van der Waals surface area contributed by atoms with Crippen molar-refractivity contribution in [3.8, 4) is 5.75 Å². The normalized spacial score (nSPS) is 30.8. The first-order valence-corrected chi connectivity index (χ1v) is 8.86. The maximum Gasteiger partial charge on any atom is 0.310 e. The van der Waals surface area contributed by atoms with Gasteiger partial charge in [0.05, 0.1) is 24.6 Å². The predicted molar refractivity (Wildman–Crippen MR) is 90.7 cm³/mol. The van der Waals surface area contributed by atoms with Crippen LogP contribution in [-0.2, 0) is 23.9 Å². The van der Waals surface area contributed by atoms with Crippen molar-refractivity contribution in [2.45, 2.75) is 18.9 Å². The number of carbonyl (C=O) groups is 3. The van der Waals surface area contributed by atoms with Crippen LogP contribution in [0.2, 0.25) is 5.02 Å². The Morgan fingerprint density at radius 2 is 2.15 bits per heavy atom. The van der Waals surface area contributed by atoms with E-state index in [9.17, 15) is 14.4 Å². The molecule has 26 heavy (non-hydrogen) atoms. The van der Waals surface area contributed by atoms with Gasteiger partial charge in [-0.25, -0.2) is 0 Å². The molecule has 2 bridgehead atoms. The van der Waals surface area contributed by atoms with E-state index in [0.717, 1.165) is 6.42 Å². The average molecular weight is 380 g/mol. The Kier molecular flexibility index (Phi) is 4.26.